The SMILES string of the molecule is CCNc1ncc(C(=O)O)n1C(C)C. The van der Waals surface area contributed by atoms with Crippen molar-refractivity contribution in [3.05, 3.63) is 11.9 Å². The largest absolute Gasteiger partial charge is 0.477 e. The van der Waals surface area contributed by atoms with E-state index in [0.717, 1.165) is 6.54 Å². The molecular weight excluding hydrogens is 182 g/mol. The van der Waals surface area contributed by atoms with Crippen LogP contribution in [0.1, 0.15) is 37.3 Å². The molecular formula is C9H15N3O2. The molecule has 5 nitrogen and oxygen atoms in total. The molecule has 78 valence electrons. The van der Waals surface area contributed by atoms with Crippen LogP contribution in [0.2, 0.25) is 0 Å². The third-order valence-electron chi connectivity index (χ3n) is 1.87. The van der Waals surface area contributed by atoms with Gasteiger partial charge in [0.25, 0.3) is 0 Å². The number of nitrogens with zero attached hydrogens (tertiary/aromatic N) is 2. The summed E-state index contributed by atoms with van der Waals surface area (Å²) in [5, 5.41) is 11.9. The maximum absolute atomic E-state index is 10.9. The van der Waals surface area contributed by atoms with Gasteiger partial charge in [-0.05, 0) is 20.8 Å². The number of nitrogens with one attached hydrogen (secondary N) is 1. The van der Waals surface area contributed by atoms with Crippen molar-refractivity contribution >= 4 is 11.9 Å². The van der Waals surface area contributed by atoms with Crippen LogP contribution >= 0.6 is 0 Å². The smallest absolute Gasteiger partial charge is 0.354 e. The van der Waals surface area contributed by atoms with Crippen LogP contribution in [0.25, 0.3) is 0 Å². The summed E-state index contributed by atoms with van der Waals surface area (Å²) in [6.45, 7) is 6.52. The predicted octanol–water partition coefficient (Wildman–Crippen LogP) is 1.59. The molecule has 5 heteroatoms. The highest BCUT2D eigenvalue weighted by Crippen LogP contribution is 2.17. The first-order valence-corrected chi connectivity index (χ1v) is 4.62. The fourth-order valence-corrected chi connectivity index (χ4v) is 1.33. The molecule has 0 bridgehead atoms. The lowest BCUT2D eigenvalue weighted by atomic mass is 10.3. The number of carbonyl (C=O) groups is 1. The van der Waals surface area contributed by atoms with E-state index in [0.29, 0.717) is 5.95 Å². The number of anilines is 1. The second-order valence-electron chi connectivity index (χ2n) is 3.27. The van der Waals surface area contributed by atoms with Crippen LogP contribution < -0.4 is 5.32 Å². The Balaban J connectivity index is 3.13. The summed E-state index contributed by atoms with van der Waals surface area (Å²) in [6.07, 6.45) is 1.38. The molecule has 1 rings (SSSR count). The van der Waals surface area contributed by atoms with Crippen molar-refractivity contribution in [3.8, 4) is 0 Å². The second kappa shape index (κ2) is 4.13. The van der Waals surface area contributed by atoms with Gasteiger partial charge in [-0.1, -0.05) is 0 Å². The van der Waals surface area contributed by atoms with Crippen molar-refractivity contribution in [3.63, 3.8) is 0 Å². The maximum atomic E-state index is 10.9. The highest BCUT2D eigenvalue weighted by Gasteiger charge is 2.16. The fourth-order valence-electron chi connectivity index (χ4n) is 1.33. The zero-order valence-corrected chi connectivity index (χ0v) is 8.61. The maximum Gasteiger partial charge on any atom is 0.354 e. The zero-order valence-electron chi connectivity index (χ0n) is 8.61. The molecule has 0 spiro atoms. The highest BCUT2D eigenvalue weighted by atomic mass is 16.4. The Morgan fingerprint density at radius 1 is 1.71 bits per heavy atom. The molecule has 0 aromatic carbocycles. The first-order chi connectivity index (χ1) is 6.57. The minimum absolute atomic E-state index is 0.0812. The fraction of sp³-hybridized carbons (Fsp3) is 0.556. The molecule has 0 aliphatic carbocycles. The molecule has 0 amide bonds. The van der Waals surface area contributed by atoms with E-state index in [4.69, 9.17) is 5.11 Å². The van der Waals surface area contributed by atoms with Crippen LogP contribution in [0.5, 0.6) is 0 Å². The van der Waals surface area contributed by atoms with E-state index in [1.165, 1.54) is 6.20 Å². The van der Waals surface area contributed by atoms with Crippen molar-refractivity contribution < 1.29 is 9.90 Å². The van der Waals surface area contributed by atoms with E-state index < -0.39 is 5.97 Å². The van der Waals surface area contributed by atoms with Gasteiger partial charge in [-0.3, -0.25) is 0 Å². The molecule has 1 aromatic heterocycles. The molecule has 0 saturated heterocycles. The standard InChI is InChI=1S/C9H15N3O2/c1-4-10-9-11-5-7(8(13)14)12(9)6(2)3/h5-6H,4H2,1-3H3,(H,10,11)(H,13,14). The third kappa shape index (κ3) is 1.86. The van der Waals surface area contributed by atoms with Crippen molar-refractivity contribution in [2.75, 3.05) is 11.9 Å². The Labute approximate surface area is 82.8 Å². The van der Waals surface area contributed by atoms with Gasteiger partial charge in [0.15, 0.2) is 0 Å². The van der Waals surface area contributed by atoms with Crippen LogP contribution in [0.15, 0.2) is 6.20 Å². The van der Waals surface area contributed by atoms with Gasteiger partial charge < -0.3 is 15.0 Å². The summed E-state index contributed by atoms with van der Waals surface area (Å²) in [5.41, 5.74) is 0.218. The summed E-state index contributed by atoms with van der Waals surface area (Å²) in [4.78, 5) is 14.9. The van der Waals surface area contributed by atoms with Crippen molar-refractivity contribution in [2.24, 2.45) is 0 Å². The number of rotatable bonds is 4. The van der Waals surface area contributed by atoms with Gasteiger partial charge in [0.05, 0.1) is 6.20 Å². The van der Waals surface area contributed by atoms with E-state index in [1.54, 1.807) is 4.57 Å². The van der Waals surface area contributed by atoms with Gasteiger partial charge >= 0.3 is 5.97 Å². The van der Waals surface area contributed by atoms with E-state index in [9.17, 15) is 4.79 Å². The normalized spacial score (nSPS) is 10.6. The van der Waals surface area contributed by atoms with Gasteiger partial charge in [-0.2, -0.15) is 0 Å². The minimum atomic E-state index is -0.949. The molecule has 1 heterocycles. The number of aromatic carboxylic acids is 1. The van der Waals surface area contributed by atoms with Crippen LogP contribution in [0.4, 0.5) is 5.95 Å². The molecule has 0 saturated carbocycles. The molecule has 14 heavy (non-hydrogen) atoms. The lowest BCUT2D eigenvalue weighted by Crippen LogP contribution is -2.14. The number of aromatic nitrogens is 2. The topological polar surface area (TPSA) is 67.2 Å². The Morgan fingerprint density at radius 2 is 2.36 bits per heavy atom. The van der Waals surface area contributed by atoms with Gasteiger partial charge in [-0.25, -0.2) is 9.78 Å². The summed E-state index contributed by atoms with van der Waals surface area (Å²) in [6, 6.07) is 0.0812. The monoisotopic (exact) mass is 197 g/mol. The van der Waals surface area contributed by atoms with Gasteiger partial charge in [0.2, 0.25) is 5.95 Å². The third-order valence-corrected chi connectivity index (χ3v) is 1.87. The number of imidazole rings is 1. The lowest BCUT2D eigenvalue weighted by Gasteiger charge is -2.13. The first-order valence-electron chi connectivity index (χ1n) is 4.62. The Hall–Kier alpha value is -1.52. The number of carboxylic acid groups (broad SMARTS) is 1. The van der Waals surface area contributed by atoms with Gasteiger partial charge in [-0.15, -0.1) is 0 Å². The number of hydrogen-bond acceptors (Lipinski definition) is 3. The van der Waals surface area contributed by atoms with Crippen molar-refractivity contribution in [2.45, 2.75) is 26.8 Å². The van der Waals surface area contributed by atoms with E-state index in [1.807, 2.05) is 20.8 Å². The number of hydrogen-bond donors (Lipinski definition) is 2. The lowest BCUT2D eigenvalue weighted by molar-refractivity contribution is 0.0683. The molecule has 0 radical (unpaired) electrons. The highest BCUT2D eigenvalue weighted by molar-refractivity contribution is 5.86. The first kappa shape index (κ1) is 10.6. The minimum Gasteiger partial charge on any atom is -0.477 e. The van der Waals surface area contributed by atoms with Gasteiger partial charge in [0.1, 0.15) is 5.69 Å². The van der Waals surface area contributed by atoms with Crippen molar-refractivity contribution in [1.82, 2.24) is 9.55 Å². The van der Waals surface area contributed by atoms with Crippen LogP contribution in [0.3, 0.4) is 0 Å². The number of carboxylic acids is 1. The summed E-state index contributed by atoms with van der Waals surface area (Å²) >= 11 is 0. The van der Waals surface area contributed by atoms with Crippen LogP contribution in [-0.2, 0) is 0 Å². The van der Waals surface area contributed by atoms with Crippen LogP contribution in [-0.4, -0.2) is 27.2 Å². The van der Waals surface area contributed by atoms with Crippen LogP contribution in [0, 0.1) is 0 Å². The van der Waals surface area contributed by atoms with E-state index >= 15 is 0 Å². The van der Waals surface area contributed by atoms with Gasteiger partial charge in [0, 0.05) is 12.6 Å². The Kier molecular flexibility index (Phi) is 3.11. The molecule has 0 atom stereocenters. The summed E-state index contributed by atoms with van der Waals surface area (Å²) in [5.74, 6) is -0.338. The Bertz CT molecular complexity index is 331. The second-order valence-corrected chi connectivity index (χ2v) is 3.27. The van der Waals surface area contributed by atoms with Crippen molar-refractivity contribution in [1.29, 1.82) is 0 Å². The molecule has 0 fully saturated rings. The molecule has 0 aliphatic rings. The van der Waals surface area contributed by atoms with E-state index in [-0.39, 0.29) is 11.7 Å². The zero-order chi connectivity index (χ0) is 10.7. The molecule has 2 N–H and O–H groups in total. The predicted molar refractivity (Wildman–Crippen MR) is 53.7 cm³/mol. The Morgan fingerprint density at radius 3 is 2.79 bits per heavy atom. The average Bonchev–Trinajstić information content (AvgIpc) is 2.48. The molecule has 0 aliphatic heterocycles. The molecule has 0 unspecified atom stereocenters. The van der Waals surface area contributed by atoms with E-state index in [2.05, 4.69) is 10.3 Å². The molecule has 1 aromatic rings. The quantitative estimate of drug-likeness (QED) is 0.769. The summed E-state index contributed by atoms with van der Waals surface area (Å²) in [7, 11) is 0. The average molecular weight is 197 g/mol. The summed E-state index contributed by atoms with van der Waals surface area (Å²) < 4.78 is 1.67.